The lowest BCUT2D eigenvalue weighted by Gasteiger charge is -2.20. The molecule has 1 saturated carbocycles. The number of rotatable bonds is 7. The van der Waals surface area contributed by atoms with Gasteiger partial charge in [-0.15, -0.1) is 11.3 Å². The molecule has 2 rings (SSSR count). The van der Waals surface area contributed by atoms with Gasteiger partial charge in [0.2, 0.25) is 0 Å². The molecule has 25 heavy (non-hydrogen) atoms. The lowest BCUT2D eigenvalue weighted by molar-refractivity contribution is -0.148. The zero-order chi connectivity index (χ0) is 17.9. The Morgan fingerprint density at radius 2 is 1.84 bits per heavy atom. The van der Waals surface area contributed by atoms with Crippen LogP contribution in [-0.2, 0) is 14.3 Å². The van der Waals surface area contributed by atoms with Crippen molar-refractivity contribution in [3.63, 3.8) is 0 Å². The van der Waals surface area contributed by atoms with Crippen LogP contribution in [0.4, 0.5) is 0 Å². The summed E-state index contributed by atoms with van der Waals surface area (Å²) in [5.74, 6) is -0.939. The molecule has 1 aliphatic rings. The van der Waals surface area contributed by atoms with E-state index in [1.54, 1.807) is 12.1 Å². The third-order valence-electron chi connectivity index (χ3n) is 4.19. The predicted molar refractivity (Wildman–Crippen MR) is 96.5 cm³/mol. The van der Waals surface area contributed by atoms with E-state index in [1.807, 2.05) is 5.38 Å². The van der Waals surface area contributed by atoms with Gasteiger partial charge in [0.1, 0.15) is 0 Å². The summed E-state index contributed by atoms with van der Waals surface area (Å²) in [6.07, 6.45) is 8.03. The van der Waals surface area contributed by atoms with Gasteiger partial charge in [0, 0.05) is 12.6 Å². The summed E-state index contributed by atoms with van der Waals surface area (Å²) in [5.41, 5.74) is 0. The van der Waals surface area contributed by atoms with Crippen LogP contribution in [0, 0.1) is 0 Å². The molecule has 0 atom stereocenters. The van der Waals surface area contributed by atoms with Crippen molar-refractivity contribution in [2.45, 2.75) is 57.4 Å². The standard InChI is InChI=1S/C18H26N2O4S/c21-16(20-14-7-4-2-1-3-5-8-14)13-24-17(22)10-11-19-18(23)15-9-6-12-25-15/h6,9,12,14H,1-5,7-8,10-11,13H2,(H,19,23)(H,20,21). The Labute approximate surface area is 152 Å². The van der Waals surface area contributed by atoms with Gasteiger partial charge in [-0.05, 0) is 24.3 Å². The van der Waals surface area contributed by atoms with Crippen LogP contribution in [-0.4, -0.2) is 37.0 Å². The number of nitrogens with one attached hydrogen (secondary N) is 2. The highest BCUT2D eigenvalue weighted by Crippen LogP contribution is 2.17. The number of carbonyl (C=O) groups is 3. The largest absolute Gasteiger partial charge is 0.456 e. The highest BCUT2D eigenvalue weighted by Gasteiger charge is 2.15. The van der Waals surface area contributed by atoms with E-state index in [-0.39, 0.29) is 37.4 Å². The summed E-state index contributed by atoms with van der Waals surface area (Å²) in [4.78, 5) is 35.9. The summed E-state index contributed by atoms with van der Waals surface area (Å²) in [7, 11) is 0. The molecule has 0 spiro atoms. The van der Waals surface area contributed by atoms with Gasteiger partial charge in [-0.1, -0.05) is 38.2 Å². The second-order valence-electron chi connectivity index (χ2n) is 6.25. The minimum atomic E-state index is -0.487. The molecule has 0 aliphatic heterocycles. The molecule has 2 N–H and O–H groups in total. The molecular weight excluding hydrogens is 340 g/mol. The van der Waals surface area contributed by atoms with Crippen molar-refractivity contribution < 1.29 is 19.1 Å². The number of carbonyl (C=O) groups excluding carboxylic acids is 3. The Kier molecular flexibility index (Phi) is 8.45. The summed E-state index contributed by atoms with van der Waals surface area (Å²) in [6, 6.07) is 3.71. The van der Waals surface area contributed by atoms with E-state index in [0.717, 1.165) is 25.7 Å². The Balaban J connectivity index is 1.57. The SMILES string of the molecule is O=C(COC(=O)CCNC(=O)c1cccs1)NC1CCCCCCC1. The van der Waals surface area contributed by atoms with Crippen LogP contribution >= 0.6 is 11.3 Å². The minimum absolute atomic E-state index is 0.0494. The van der Waals surface area contributed by atoms with Gasteiger partial charge in [-0.25, -0.2) is 0 Å². The smallest absolute Gasteiger partial charge is 0.308 e. The molecule has 1 aromatic rings. The van der Waals surface area contributed by atoms with E-state index in [1.165, 1.54) is 30.6 Å². The maximum absolute atomic E-state index is 11.9. The van der Waals surface area contributed by atoms with Gasteiger partial charge in [0.05, 0.1) is 11.3 Å². The van der Waals surface area contributed by atoms with E-state index in [2.05, 4.69) is 10.6 Å². The number of hydrogen-bond acceptors (Lipinski definition) is 5. The molecule has 7 heteroatoms. The van der Waals surface area contributed by atoms with Crippen molar-refractivity contribution >= 4 is 29.1 Å². The van der Waals surface area contributed by atoms with E-state index in [4.69, 9.17) is 4.74 Å². The van der Waals surface area contributed by atoms with E-state index in [9.17, 15) is 14.4 Å². The Morgan fingerprint density at radius 3 is 2.52 bits per heavy atom. The van der Waals surface area contributed by atoms with Crippen LogP contribution in [0.3, 0.4) is 0 Å². The van der Waals surface area contributed by atoms with Crippen LogP contribution < -0.4 is 10.6 Å². The van der Waals surface area contributed by atoms with Crippen LogP contribution in [0.2, 0.25) is 0 Å². The topological polar surface area (TPSA) is 84.5 Å². The highest BCUT2D eigenvalue weighted by molar-refractivity contribution is 7.12. The van der Waals surface area contributed by atoms with Crippen molar-refractivity contribution in [2.75, 3.05) is 13.2 Å². The molecule has 138 valence electrons. The summed E-state index contributed by atoms with van der Waals surface area (Å²) >= 11 is 1.34. The fraction of sp³-hybridized carbons (Fsp3) is 0.611. The van der Waals surface area contributed by atoms with Crippen molar-refractivity contribution in [2.24, 2.45) is 0 Å². The van der Waals surface area contributed by atoms with Gasteiger partial charge >= 0.3 is 5.97 Å². The molecule has 0 bridgehead atoms. The van der Waals surface area contributed by atoms with Crippen LogP contribution in [0.1, 0.15) is 61.0 Å². The fourth-order valence-electron chi connectivity index (χ4n) is 2.86. The van der Waals surface area contributed by atoms with E-state index < -0.39 is 5.97 Å². The fourth-order valence-corrected chi connectivity index (χ4v) is 3.50. The monoisotopic (exact) mass is 366 g/mol. The molecule has 6 nitrogen and oxygen atoms in total. The molecule has 0 aromatic carbocycles. The van der Waals surface area contributed by atoms with Crippen LogP contribution in [0.5, 0.6) is 0 Å². The zero-order valence-electron chi connectivity index (χ0n) is 14.4. The van der Waals surface area contributed by atoms with Gasteiger partial charge in [0.25, 0.3) is 11.8 Å². The van der Waals surface area contributed by atoms with E-state index >= 15 is 0 Å². The van der Waals surface area contributed by atoms with Crippen molar-refractivity contribution in [3.05, 3.63) is 22.4 Å². The summed E-state index contributed by atoms with van der Waals surface area (Å²) in [5, 5.41) is 7.42. The molecule has 0 radical (unpaired) electrons. The number of thiophene rings is 1. The Bertz CT molecular complexity index is 551. The molecular formula is C18H26N2O4S. The maximum atomic E-state index is 11.9. The maximum Gasteiger partial charge on any atom is 0.308 e. The Morgan fingerprint density at radius 1 is 1.12 bits per heavy atom. The van der Waals surface area contributed by atoms with Crippen molar-refractivity contribution in [1.82, 2.24) is 10.6 Å². The van der Waals surface area contributed by atoms with Gasteiger partial charge in [-0.2, -0.15) is 0 Å². The number of hydrogen-bond donors (Lipinski definition) is 2. The van der Waals surface area contributed by atoms with Crippen LogP contribution in [0.25, 0.3) is 0 Å². The lowest BCUT2D eigenvalue weighted by atomic mass is 9.97. The number of esters is 1. The normalized spacial score (nSPS) is 15.7. The van der Waals surface area contributed by atoms with Crippen molar-refractivity contribution in [3.8, 4) is 0 Å². The first-order chi connectivity index (χ1) is 12.1. The molecule has 1 aromatic heterocycles. The zero-order valence-corrected chi connectivity index (χ0v) is 15.2. The molecule has 1 heterocycles. The van der Waals surface area contributed by atoms with Gasteiger partial charge in [-0.3, -0.25) is 14.4 Å². The molecule has 1 fully saturated rings. The summed E-state index contributed by atoms with van der Waals surface area (Å²) in [6.45, 7) is -0.0615. The highest BCUT2D eigenvalue weighted by atomic mass is 32.1. The van der Waals surface area contributed by atoms with Crippen molar-refractivity contribution in [1.29, 1.82) is 0 Å². The second kappa shape index (κ2) is 10.9. The average molecular weight is 366 g/mol. The predicted octanol–water partition coefficient (Wildman–Crippen LogP) is 2.64. The lowest BCUT2D eigenvalue weighted by Crippen LogP contribution is -2.38. The number of amides is 2. The van der Waals surface area contributed by atoms with Crippen LogP contribution in [0.15, 0.2) is 17.5 Å². The van der Waals surface area contributed by atoms with Gasteiger partial charge in [0.15, 0.2) is 6.61 Å². The first kappa shape index (κ1) is 19.4. The molecule has 1 aliphatic carbocycles. The van der Waals surface area contributed by atoms with E-state index in [0.29, 0.717) is 4.88 Å². The summed E-state index contributed by atoms with van der Waals surface area (Å²) < 4.78 is 4.97. The average Bonchev–Trinajstić information content (AvgIpc) is 3.10. The molecule has 0 saturated heterocycles. The Hall–Kier alpha value is -1.89. The first-order valence-corrected chi connectivity index (χ1v) is 9.80. The third kappa shape index (κ3) is 7.69. The minimum Gasteiger partial charge on any atom is -0.456 e. The molecule has 2 amide bonds. The molecule has 0 unspecified atom stereocenters. The number of ether oxygens (including phenoxy) is 1. The second-order valence-corrected chi connectivity index (χ2v) is 7.20. The quantitative estimate of drug-likeness (QED) is 0.727. The first-order valence-electron chi connectivity index (χ1n) is 8.92. The van der Waals surface area contributed by atoms with Gasteiger partial charge < -0.3 is 15.4 Å². The third-order valence-corrected chi connectivity index (χ3v) is 5.06.